The molecule has 3 aromatic rings. The van der Waals surface area contributed by atoms with Crippen LogP contribution in [0.15, 0.2) is 54.6 Å². The lowest BCUT2D eigenvalue weighted by atomic mass is 10.1. The number of alkyl halides is 1. The highest BCUT2D eigenvalue weighted by atomic mass is 19.1. The van der Waals surface area contributed by atoms with Crippen LogP contribution in [0.1, 0.15) is 0 Å². The Kier molecular flexibility index (Phi) is 8.47. The van der Waals surface area contributed by atoms with Gasteiger partial charge in [-0.1, -0.05) is 18.2 Å². The molecule has 0 N–H and O–H groups in total. The average Bonchev–Trinajstić information content (AvgIpc) is 2.88. The highest BCUT2D eigenvalue weighted by Crippen LogP contribution is 2.26. The molecule has 7 heteroatoms. The van der Waals surface area contributed by atoms with Gasteiger partial charge in [-0.3, -0.25) is 4.90 Å². The standard InChI is InChI=1S/C26H32FN3O3/c1-31-24-7-9-26-22(20-24)4-8-25(28-26)21-2-5-23(6-3-21)30-13-11-29(12-14-30)15-17-33-19-18-32-16-10-27/h2-9,20H,10-19H2,1H3. The van der Waals surface area contributed by atoms with Gasteiger partial charge >= 0.3 is 0 Å². The number of hydrogen-bond acceptors (Lipinski definition) is 6. The summed E-state index contributed by atoms with van der Waals surface area (Å²) in [5.41, 5.74) is 4.29. The number of methoxy groups -OCH3 is 1. The van der Waals surface area contributed by atoms with Gasteiger partial charge in [-0.15, -0.1) is 0 Å². The first-order chi connectivity index (χ1) is 16.3. The van der Waals surface area contributed by atoms with E-state index in [4.69, 9.17) is 19.2 Å². The van der Waals surface area contributed by atoms with E-state index in [1.807, 2.05) is 18.2 Å². The van der Waals surface area contributed by atoms with Crippen molar-refractivity contribution in [2.45, 2.75) is 0 Å². The number of aromatic nitrogens is 1. The fourth-order valence-electron chi connectivity index (χ4n) is 4.03. The van der Waals surface area contributed by atoms with E-state index in [0.29, 0.717) is 19.8 Å². The van der Waals surface area contributed by atoms with Gasteiger partial charge in [0, 0.05) is 49.4 Å². The third-order valence-electron chi connectivity index (χ3n) is 5.94. The Morgan fingerprint density at radius 3 is 2.33 bits per heavy atom. The SMILES string of the molecule is COc1ccc2nc(-c3ccc(N4CCN(CCOCCOCCF)CC4)cc3)ccc2c1. The number of nitrogens with zero attached hydrogens (tertiary/aromatic N) is 3. The molecule has 0 radical (unpaired) electrons. The van der Waals surface area contributed by atoms with Gasteiger partial charge in [0.05, 0.1) is 44.7 Å². The number of piperazine rings is 1. The molecule has 2 aromatic carbocycles. The van der Waals surface area contributed by atoms with Crippen LogP contribution in [-0.4, -0.2) is 82.8 Å². The third kappa shape index (κ3) is 6.41. The van der Waals surface area contributed by atoms with Crippen LogP contribution in [0.25, 0.3) is 22.2 Å². The topological polar surface area (TPSA) is 47.1 Å². The van der Waals surface area contributed by atoms with E-state index in [-0.39, 0.29) is 6.61 Å². The second-order valence-electron chi connectivity index (χ2n) is 8.04. The molecule has 0 bridgehead atoms. The quantitative estimate of drug-likeness (QED) is 0.409. The lowest BCUT2D eigenvalue weighted by Crippen LogP contribution is -2.47. The van der Waals surface area contributed by atoms with Crippen molar-refractivity contribution in [1.29, 1.82) is 0 Å². The molecule has 33 heavy (non-hydrogen) atoms. The summed E-state index contributed by atoms with van der Waals surface area (Å²) in [6.07, 6.45) is 0. The van der Waals surface area contributed by atoms with Gasteiger partial charge in [0.2, 0.25) is 0 Å². The van der Waals surface area contributed by atoms with Gasteiger partial charge in [-0.2, -0.15) is 0 Å². The van der Waals surface area contributed by atoms with Crippen LogP contribution in [0.3, 0.4) is 0 Å². The fourth-order valence-corrected chi connectivity index (χ4v) is 4.03. The maximum Gasteiger partial charge on any atom is 0.119 e. The smallest absolute Gasteiger partial charge is 0.119 e. The number of hydrogen-bond donors (Lipinski definition) is 0. The van der Waals surface area contributed by atoms with Gasteiger partial charge in [-0.25, -0.2) is 9.37 Å². The van der Waals surface area contributed by atoms with Gasteiger partial charge in [0.15, 0.2) is 0 Å². The van der Waals surface area contributed by atoms with Crippen LogP contribution < -0.4 is 9.64 Å². The van der Waals surface area contributed by atoms with E-state index >= 15 is 0 Å². The van der Waals surface area contributed by atoms with Gasteiger partial charge < -0.3 is 19.1 Å². The summed E-state index contributed by atoms with van der Waals surface area (Å²) in [5, 5.41) is 1.07. The summed E-state index contributed by atoms with van der Waals surface area (Å²) < 4.78 is 27.9. The van der Waals surface area contributed by atoms with E-state index in [0.717, 1.165) is 60.6 Å². The zero-order valence-electron chi connectivity index (χ0n) is 19.2. The van der Waals surface area contributed by atoms with Crippen LogP contribution in [0.4, 0.5) is 10.1 Å². The number of rotatable bonds is 11. The predicted molar refractivity (Wildman–Crippen MR) is 130 cm³/mol. The number of anilines is 1. The Morgan fingerprint density at radius 1 is 0.848 bits per heavy atom. The molecule has 176 valence electrons. The number of pyridine rings is 1. The molecule has 1 aliphatic heterocycles. The van der Waals surface area contributed by atoms with Crippen molar-refractivity contribution in [2.75, 3.05) is 77.8 Å². The normalized spacial score (nSPS) is 14.7. The van der Waals surface area contributed by atoms with E-state index in [9.17, 15) is 4.39 Å². The van der Waals surface area contributed by atoms with E-state index in [1.54, 1.807) is 7.11 Å². The summed E-state index contributed by atoms with van der Waals surface area (Å²) in [6, 6.07) is 18.8. The van der Waals surface area contributed by atoms with Crippen LogP contribution in [0, 0.1) is 0 Å². The Balaban J connectivity index is 1.26. The van der Waals surface area contributed by atoms with Crippen LogP contribution in [0.5, 0.6) is 5.75 Å². The second-order valence-corrected chi connectivity index (χ2v) is 8.04. The summed E-state index contributed by atoms with van der Waals surface area (Å²) in [5.74, 6) is 0.841. The first-order valence-corrected chi connectivity index (χ1v) is 11.5. The molecular weight excluding hydrogens is 421 g/mol. The molecule has 1 fully saturated rings. The number of fused-ring (bicyclic) bond motifs is 1. The van der Waals surface area contributed by atoms with Crippen molar-refractivity contribution in [3.05, 3.63) is 54.6 Å². The third-order valence-corrected chi connectivity index (χ3v) is 5.94. The number of halogens is 1. The molecule has 1 aromatic heterocycles. The summed E-state index contributed by atoms with van der Waals surface area (Å²) in [7, 11) is 1.68. The maximum absolute atomic E-state index is 12.0. The molecule has 0 unspecified atom stereocenters. The Labute approximate surface area is 194 Å². The summed E-state index contributed by atoms with van der Waals surface area (Å²) in [4.78, 5) is 9.66. The average molecular weight is 454 g/mol. The number of benzene rings is 2. The van der Waals surface area contributed by atoms with Crippen LogP contribution >= 0.6 is 0 Å². The Morgan fingerprint density at radius 2 is 1.61 bits per heavy atom. The molecule has 0 aliphatic carbocycles. The molecule has 0 spiro atoms. The first kappa shape index (κ1) is 23.4. The lowest BCUT2D eigenvalue weighted by molar-refractivity contribution is 0.0341. The Bertz CT molecular complexity index is 1010. The molecule has 0 saturated carbocycles. The van der Waals surface area contributed by atoms with Crippen molar-refractivity contribution < 1.29 is 18.6 Å². The zero-order valence-corrected chi connectivity index (χ0v) is 19.2. The first-order valence-electron chi connectivity index (χ1n) is 11.5. The largest absolute Gasteiger partial charge is 0.497 e. The lowest BCUT2D eigenvalue weighted by Gasteiger charge is -2.36. The molecule has 1 saturated heterocycles. The van der Waals surface area contributed by atoms with E-state index in [2.05, 4.69) is 46.2 Å². The summed E-state index contributed by atoms with van der Waals surface area (Å²) >= 11 is 0. The monoisotopic (exact) mass is 453 g/mol. The van der Waals surface area contributed by atoms with Gasteiger partial charge in [0.1, 0.15) is 12.4 Å². The minimum absolute atomic E-state index is 0.153. The van der Waals surface area contributed by atoms with Crippen molar-refractivity contribution in [3.8, 4) is 17.0 Å². The Hall–Kier alpha value is -2.74. The molecule has 1 aliphatic rings. The fraction of sp³-hybridized carbons (Fsp3) is 0.423. The second kappa shape index (κ2) is 11.9. The van der Waals surface area contributed by atoms with Gasteiger partial charge in [0.25, 0.3) is 0 Å². The molecule has 0 atom stereocenters. The zero-order chi connectivity index (χ0) is 22.9. The molecule has 4 rings (SSSR count). The maximum atomic E-state index is 12.0. The predicted octanol–water partition coefficient (Wildman–Crippen LogP) is 4.04. The summed E-state index contributed by atoms with van der Waals surface area (Å²) in [6.45, 7) is 6.30. The number of ether oxygens (including phenoxy) is 3. The minimum atomic E-state index is -0.441. The van der Waals surface area contributed by atoms with Crippen molar-refractivity contribution in [1.82, 2.24) is 9.88 Å². The molecule has 2 heterocycles. The van der Waals surface area contributed by atoms with Crippen molar-refractivity contribution in [2.24, 2.45) is 0 Å². The minimum Gasteiger partial charge on any atom is -0.497 e. The van der Waals surface area contributed by atoms with Gasteiger partial charge in [-0.05, 0) is 36.4 Å². The molecular formula is C26H32FN3O3. The highest BCUT2D eigenvalue weighted by Gasteiger charge is 2.17. The molecule has 6 nitrogen and oxygen atoms in total. The van der Waals surface area contributed by atoms with E-state index < -0.39 is 6.67 Å². The van der Waals surface area contributed by atoms with Crippen molar-refractivity contribution >= 4 is 16.6 Å². The van der Waals surface area contributed by atoms with Crippen molar-refractivity contribution in [3.63, 3.8) is 0 Å². The van der Waals surface area contributed by atoms with Crippen LogP contribution in [-0.2, 0) is 9.47 Å². The molecule has 0 amide bonds. The van der Waals surface area contributed by atoms with E-state index in [1.165, 1.54) is 5.69 Å². The highest BCUT2D eigenvalue weighted by molar-refractivity contribution is 5.83. The van der Waals surface area contributed by atoms with Crippen LogP contribution in [0.2, 0.25) is 0 Å².